The summed E-state index contributed by atoms with van der Waals surface area (Å²) in [6.07, 6.45) is -0.285. The molecule has 9 heteroatoms. The van der Waals surface area contributed by atoms with Crippen molar-refractivity contribution in [1.82, 2.24) is 14.3 Å². The number of carbonyl (C=O) groups excluding carboxylic acids is 1. The molecule has 0 saturated carbocycles. The van der Waals surface area contributed by atoms with Crippen molar-refractivity contribution in [3.63, 3.8) is 0 Å². The third-order valence-electron chi connectivity index (χ3n) is 7.48. The quantitative estimate of drug-likeness (QED) is 0.323. The van der Waals surface area contributed by atoms with Crippen LogP contribution in [0.1, 0.15) is 34.7 Å². The number of pyridine rings is 1. The average Bonchev–Trinajstić information content (AvgIpc) is 3.36. The molecular weight excluding hydrogens is 503 g/mol. The summed E-state index contributed by atoms with van der Waals surface area (Å²) in [5, 5.41) is 0. The van der Waals surface area contributed by atoms with Crippen molar-refractivity contribution >= 4 is 22.9 Å². The molecule has 3 heterocycles. The second kappa shape index (κ2) is 10.6. The molecule has 1 atom stereocenters. The lowest BCUT2D eigenvalue weighted by Crippen LogP contribution is -2.49. The molecule has 1 saturated heterocycles. The van der Waals surface area contributed by atoms with E-state index >= 15 is 0 Å². The number of aromatic nitrogens is 2. The summed E-state index contributed by atoms with van der Waals surface area (Å²) >= 11 is 0. The summed E-state index contributed by atoms with van der Waals surface area (Å²) in [5.74, 6) is -0.185. The van der Waals surface area contributed by atoms with Crippen molar-refractivity contribution in [3.8, 4) is 0 Å². The lowest BCUT2D eigenvalue weighted by molar-refractivity contribution is -0.137. The van der Waals surface area contributed by atoms with E-state index in [0.717, 1.165) is 34.2 Å². The Labute approximate surface area is 226 Å². The summed E-state index contributed by atoms with van der Waals surface area (Å²) in [6.45, 7) is 3.87. The minimum Gasteiger partial charge on any atom is -0.378 e. The number of aryl methyl sites for hydroxylation is 1. The van der Waals surface area contributed by atoms with Crippen LogP contribution in [0.5, 0.6) is 0 Å². The lowest BCUT2D eigenvalue weighted by Gasteiger charge is -2.37. The van der Waals surface area contributed by atoms with Crippen LogP contribution < -0.4 is 9.80 Å². The zero-order valence-electron chi connectivity index (χ0n) is 22.3. The topological polar surface area (TPSA) is 44.1 Å². The van der Waals surface area contributed by atoms with Crippen molar-refractivity contribution in [2.24, 2.45) is 0 Å². The molecule has 0 spiro atoms. The number of alkyl halides is 3. The van der Waals surface area contributed by atoms with Crippen LogP contribution in [-0.2, 0) is 11.0 Å². The number of piperazine rings is 1. The van der Waals surface area contributed by atoms with Gasteiger partial charge in [0.25, 0.3) is 0 Å². The Kier molecular flexibility index (Phi) is 7.25. The Hall–Kier alpha value is -4.01. The average molecular weight is 536 g/mol. The van der Waals surface area contributed by atoms with Gasteiger partial charge in [0.1, 0.15) is 5.65 Å². The maximum absolute atomic E-state index is 13.6. The molecule has 4 aromatic rings. The number of imidazole rings is 1. The summed E-state index contributed by atoms with van der Waals surface area (Å²) in [7, 11) is 3.98. The Morgan fingerprint density at radius 2 is 1.72 bits per heavy atom. The number of hydrogen-bond donors (Lipinski definition) is 0. The minimum absolute atomic E-state index is 0.0166. The zero-order chi connectivity index (χ0) is 27.7. The first-order chi connectivity index (χ1) is 18.6. The fourth-order valence-corrected chi connectivity index (χ4v) is 5.22. The van der Waals surface area contributed by atoms with E-state index in [1.165, 1.54) is 12.1 Å². The van der Waals surface area contributed by atoms with Crippen LogP contribution >= 0.6 is 0 Å². The van der Waals surface area contributed by atoms with Gasteiger partial charge in [0.2, 0.25) is 5.91 Å². The highest BCUT2D eigenvalue weighted by Crippen LogP contribution is 2.33. The van der Waals surface area contributed by atoms with Gasteiger partial charge in [-0.2, -0.15) is 13.2 Å². The molecular formula is C30H32F3N5O. The van der Waals surface area contributed by atoms with E-state index < -0.39 is 11.7 Å². The molecule has 39 heavy (non-hydrogen) atoms. The summed E-state index contributed by atoms with van der Waals surface area (Å²) in [4.78, 5) is 24.0. The van der Waals surface area contributed by atoms with E-state index in [9.17, 15) is 18.0 Å². The van der Waals surface area contributed by atoms with Gasteiger partial charge in [-0.3, -0.25) is 4.79 Å². The van der Waals surface area contributed by atoms with Crippen LogP contribution in [0.15, 0.2) is 73.1 Å². The van der Waals surface area contributed by atoms with Crippen molar-refractivity contribution in [2.75, 3.05) is 50.1 Å². The molecule has 0 N–H and O–H groups in total. The van der Waals surface area contributed by atoms with Gasteiger partial charge in [-0.15, -0.1) is 0 Å². The molecule has 1 unspecified atom stereocenters. The first-order valence-electron chi connectivity index (χ1n) is 13.0. The number of hydrogen-bond acceptors (Lipinski definition) is 4. The standard InChI is InChI=1S/C30H32F3N5O/c1-21-6-5-13-38-27(20-34-29(21)38)26(22-9-11-24(12-10-22)35(2)3)19-28(39)37-16-14-36(15-17-37)25-8-4-7-23(18-25)30(31,32)33/h4-13,18,20,26H,14-17,19H2,1-3H3. The molecule has 1 aliphatic heterocycles. The molecule has 1 fully saturated rings. The predicted octanol–water partition coefficient (Wildman–Crippen LogP) is 5.60. The second-order valence-corrected chi connectivity index (χ2v) is 10.2. The van der Waals surface area contributed by atoms with E-state index in [4.69, 9.17) is 0 Å². The highest BCUT2D eigenvalue weighted by molar-refractivity contribution is 5.78. The summed E-state index contributed by atoms with van der Waals surface area (Å²) in [6, 6.07) is 17.6. The molecule has 2 aromatic heterocycles. The summed E-state index contributed by atoms with van der Waals surface area (Å²) in [5.41, 5.74) is 4.83. The molecule has 204 valence electrons. The van der Waals surface area contributed by atoms with Crippen molar-refractivity contribution in [3.05, 3.63) is 95.4 Å². The van der Waals surface area contributed by atoms with Gasteiger partial charge in [0.05, 0.1) is 11.3 Å². The van der Waals surface area contributed by atoms with Gasteiger partial charge in [-0.25, -0.2) is 4.98 Å². The summed E-state index contributed by atoms with van der Waals surface area (Å²) < 4.78 is 41.6. The van der Waals surface area contributed by atoms with Gasteiger partial charge < -0.3 is 19.1 Å². The number of halogens is 3. The normalized spacial score (nSPS) is 15.0. The SMILES string of the molecule is Cc1cccn2c(C(CC(=O)N3CCN(c4cccc(C(F)(F)F)c4)CC3)c3ccc(N(C)C)cc3)cnc12. The Morgan fingerprint density at radius 3 is 2.38 bits per heavy atom. The predicted molar refractivity (Wildman–Crippen MR) is 147 cm³/mol. The fourth-order valence-electron chi connectivity index (χ4n) is 5.22. The number of amides is 1. The van der Waals surface area contributed by atoms with Gasteiger partial charge in [-0.1, -0.05) is 24.3 Å². The first kappa shape index (κ1) is 26.6. The van der Waals surface area contributed by atoms with E-state index in [-0.39, 0.29) is 18.2 Å². The van der Waals surface area contributed by atoms with Crippen molar-refractivity contribution < 1.29 is 18.0 Å². The maximum atomic E-state index is 13.6. The van der Waals surface area contributed by atoms with E-state index in [1.54, 1.807) is 6.07 Å². The first-order valence-corrected chi connectivity index (χ1v) is 13.0. The van der Waals surface area contributed by atoms with Crippen molar-refractivity contribution in [1.29, 1.82) is 0 Å². The van der Waals surface area contributed by atoms with Crippen LogP contribution in [0.4, 0.5) is 24.5 Å². The van der Waals surface area contributed by atoms with Gasteiger partial charge >= 0.3 is 6.18 Å². The van der Waals surface area contributed by atoms with E-state index in [2.05, 4.69) is 33.7 Å². The van der Waals surface area contributed by atoms with Gasteiger partial charge in [-0.05, 0) is 54.4 Å². The van der Waals surface area contributed by atoms with Crippen molar-refractivity contribution in [2.45, 2.75) is 25.4 Å². The Bertz CT molecular complexity index is 1450. The van der Waals surface area contributed by atoms with Crippen LogP contribution in [0.2, 0.25) is 0 Å². The number of carbonyl (C=O) groups is 1. The minimum atomic E-state index is -4.38. The highest BCUT2D eigenvalue weighted by atomic mass is 19.4. The number of benzene rings is 2. The third-order valence-corrected chi connectivity index (χ3v) is 7.48. The largest absolute Gasteiger partial charge is 0.416 e. The molecule has 5 rings (SSSR count). The van der Waals surface area contributed by atoms with Crippen LogP contribution in [0, 0.1) is 6.92 Å². The zero-order valence-corrected chi connectivity index (χ0v) is 22.3. The molecule has 0 radical (unpaired) electrons. The molecule has 6 nitrogen and oxygen atoms in total. The lowest BCUT2D eigenvalue weighted by atomic mass is 9.91. The molecule has 0 aliphatic carbocycles. The number of nitrogens with zero attached hydrogens (tertiary/aromatic N) is 5. The van der Waals surface area contributed by atoms with Gasteiger partial charge in [0.15, 0.2) is 0 Å². The highest BCUT2D eigenvalue weighted by Gasteiger charge is 2.32. The molecule has 1 amide bonds. The smallest absolute Gasteiger partial charge is 0.378 e. The number of fused-ring (bicyclic) bond motifs is 1. The molecule has 0 bridgehead atoms. The third kappa shape index (κ3) is 5.57. The van der Waals surface area contributed by atoms with Gasteiger partial charge in [0, 0.05) is 76.4 Å². The second-order valence-electron chi connectivity index (χ2n) is 10.2. The Morgan fingerprint density at radius 1 is 1.00 bits per heavy atom. The number of anilines is 2. The molecule has 1 aliphatic rings. The Balaban J connectivity index is 1.35. The van der Waals surface area contributed by atoms with E-state index in [1.807, 2.05) is 60.2 Å². The van der Waals surface area contributed by atoms with E-state index in [0.29, 0.717) is 31.9 Å². The number of rotatable bonds is 6. The van der Waals surface area contributed by atoms with Crippen LogP contribution in [0.3, 0.4) is 0 Å². The fraction of sp³-hybridized carbons (Fsp3) is 0.333. The monoisotopic (exact) mass is 535 g/mol. The van der Waals surface area contributed by atoms with Crippen LogP contribution in [-0.4, -0.2) is 60.5 Å². The molecule has 2 aromatic carbocycles. The van der Waals surface area contributed by atoms with Crippen LogP contribution in [0.25, 0.3) is 5.65 Å². The maximum Gasteiger partial charge on any atom is 0.416 e.